The lowest BCUT2D eigenvalue weighted by molar-refractivity contribution is -0.140. The highest BCUT2D eigenvalue weighted by Gasteiger charge is 2.33. The van der Waals surface area contributed by atoms with Crippen molar-refractivity contribution in [3.8, 4) is 0 Å². The molecule has 2 rings (SSSR count). The lowest BCUT2D eigenvalue weighted by Gasteiger charge is -2.33. The van der Waals surface area contributed by atoms with Gasteiger partial charge in [0.1, 0.15) is 0 Å². The summed E-state index contributed by atoms with van der Waals surface area (Å²) >= 11 is 0. The van der Waals surface area contributed by atoms with E-state index in [0.717, 1.165) is 11.1 Å². The van der Waals surface area contributed by atoms with Gasteiger partial charge in [0.15, 0.2) is 0 Å². The van der Waals surface area contributed by atoms with E-state index in [-0.39, 0.29) is 29.7 Å². The molecule has 0 aromatic heterocycles. The molecule has 1 N–H and O–H groups in total. The molecule has 0 radical (unpaired) electrons. The number of benzene rings is 1. The Balaban J connectivity index is 2.02. The van der Waals surface area contributed by atoms with Crippen LogP contribution in [0, 0.1) is 19.8 Å². The molecule has 0 unspecified atom stereocenters. The number of carbonyl (C=O) groups excluding carboxylic acids is 1. The number of rotatable bonds is 7. The third-order valence-corrected chi connectivity index (χ3v) is 7.10. The van der Waals surface area contributed by atoms with Gasteiger partial charge in [-0.05, 0) is 56.9 Å². The summed E-state index contributed by atoms with van der Waals surface area (Å²) < 4.78 is 27.2. The second-order valence-electron chi connectivity index (χ2n) is 6.99. The molecular weight excluding hydrogens is 368 g/mol. The lowest BCUT2D eigenvalue weighted by Crippen LogP contribution is -2.44. The van der Waals surface area contributed by atoms with E-state index >= 15 is 0 Å². The summed E-state index contributed by atoms with van der Waals surface area (Å²) in [4.78, 5) is 25.2. The van der Waals surface area contributed by atoms with Crippen LogP contribution in [0.1, 0.15) is 37.3 Å². The molecule has 0 spiro atoms. The first-order valence-corrected chi connectivity index (χ1v) is 10.7. The molecule has 0 atom stereocenters. The summed E-state index contributed by atoms with van der Waals surface area (Å²) in [5.41, 5.74) is 1.97. The largest absolute Gasteiger partial charge is 0.481 e. The highest BCUT2D eigenvalue weighted by molar-refractivity contribution is 7.89. The van der Waals surface area contributed by atoms with Crippen LogP contribution in [0.25, 0.3) is 0 Å². The van der Waals surface area contributed by atoms with E-state index in [1.54, 1.807) is 23.1 Å². The molecule has 1 heterocycles. The summed E-state index contributed by atoms with van der Waals surface area (Å²) in [7, 11) is -3.57. The number of aryl methyl sites for hydroxylation is 2. The highest BCUT2D eigenvalue weighted by atomic mass is 32.2. The third kappa shape index (κ3) is 5.07. The number of aliphatic carboxylic acids is 1. The van der Waals surface area contributed by atoms with Gasteiger partial charge in [-0.2, -0.15) is 4.31 Å². The second-order valence-corrected chi connectivity index (χ2v) is 8.92. The van der Waals surface area contributed by atoms with Crippen molar-refractivity contribution in [2.45, 2.75) is 44.9 Å². The zero-order chi connectivity index (χ0) is 20.2. The number of carboxylic acids is 1. The molecule has 0 aliphatic carbocycles. The van der Waals surface area contributed by atoms with Crippen LogP contribution in [0.15, 0.2) is 23.1 Å². The van der Waals surface area contributed by atoms with Gasteiger partial charge in [-0.3, -0.25) is 9.59 Å². The predicted octanol–water partition coefficient (Wildman–Crippen LogP) is 2.03. The molecule has 1 amide bonds. The van der Waals surface area contributed by atoms with E-state index in [1.165, 1.54) is 4.31 Å². The fraction of sp³-hybridized carbons (Fsp3) is 0.579. The average molecular weight is 397 g/mol. The fourth-order valence-electron chi connectivity index (χ4n) is 3.28. The Labute approximate surface area is 161 Å². The van der Waals surface area contributed by atoms with Gasteiger partial charge in [0.2, 0.25) is 15.9 Å². The molecule has 0 bridgehead atoms. The minimum Gasteiger partial charge on any atom is -0.481 e. The fourth-order valence-corrected chi connectivity index (χ4v) is 4.83. The van der Waals surface area contributed by atoms with E-state index in [4.69, 9.17) is 5.11 Å². The summed E-state index contributed by atoms with van der Waals surface area (Å²) in [6, 6.07) is 5.12. The van der Waals surface area contributed by atoms with Crippen LogP contribution in [0.2, 0.25) is 0 Å². The van der Waals surface area contributed by atoms with Crippen LogP contribution < -0.4 is 0 Å². The number of hydrogen-bond acceptors (Lipinski definition) is 4. The SMILES string of the molecule is CCN(CCC(=O)O)C(=O)C1CCN(S(=O)(=O)c2ccc(C)c(C)c2)CC1. The smallest absolute Gasteiger partial charge is 0.305 e. The normalized spacial score (nSPS) is 16.3. The third-order valence-electron chi connectivity index (χ3n) is 5.21. The minimum absolute atomic E-state index is 0.0815. The van der Waals surface area contributed by atoms with Crippen molar-refractivity contribution in [2.75, 3.05) is 26.2 Å². The number of piperidine rings is 1. The predicted molar refractivity (Wildman–Crippen MR) is 102 cm³/mol. The summed E-state index contributed by atoms with van der Waals surface area (Å²) in [5.74, 6) is -1.28. The number of hydrogen-bond donors (Lipinski definition) is 1. The van der Waals surface area contributed by atoms with Gasteiger partial charge < -0.3 is 10.0 Å². The van der Waals surface area contributed by atoms with Gasteiger partial charge in [0, 0.05) is 32.1 Å². The molecule has 1 aromatic carbocycles. The zero-order valence-corrected chi connectivity index (χ0v) is 17.0. The van der Waals surface area contributed by atoms with Crippen molar-refractivity contribution < 1.29 is 23.1 Å². The first-order valence-electron chi connectivity index (χ1n) is 9.24. The molecule has 1 fully saturated rings. The second kappa shape index (κ2) is 8.84. The van der Waals surface area contributed by atoms with Gasteiger partial charge in [-0.15, -0.1) is 0 Å². The molecule has 8 heteroatoms. The Morgan fingerprint density at radius 3 is 2.33 bits per heavy atom. The summed E-state index contributed by atoms with van der Waals surface area (Å²) in [6.07, 6.45) is 0.818. The Hall–Kier alpha value is -1.93. The summed E-state index contributed by atoms with van der Waals surface area (Å²) in [6.45, 7) is 6.87. The van der Waals surface area contributed by atoms with E-state index in [9.17, 15) is 18.0 Å². The van der Waals surface area contributed by atoms with E-state index < -0.39 is 16.0 Å². The topological polar surface area (TPSA) is 95.0 Å². The van der Waals surface area contributed by atoms with Crippen LogP contribution in [0.3, 0.4) is 0 Å². The number of nitrogens with zero attached hydrogens (tertiary/aromatic N) is 2. The molecule has 1 saturated heterocycles. The molecule has 1 aliphatic rings. The minimum atomic E-state index is -3.57. The molecule has 27 heavy (non-hydrogen) atoms. The van der Waals surface area contributed by atoms with Crippen molar-refractivity contribution in [3.63, 3.8) is 0 Å². The Morgan fingerprint density at radius 2 is 1.81 bits per heavy atom. The lowest BCUT2D eigenvalue weighted by atomic mass is 9.96. The Kier molecular flexibility index (Phi) is 7.00. The van der Waals surface area contributed by atoms with Crippen molar-refractivity contribution in [1.82, 2.24) is 9.21 Å². The maximum Gasteiger partial charge on any atom is 0.305 e. The van der Waals surface area contributed by atoms with Crippen molar-refractivity contribution in [3.05, 3.63) is 29.3 Å². The Bertz CT molecular complexity index is 798. The standard InChI is InChI=1S/C19H28N2O5S/c1-4-20(10-9-18(22)23)19(24)16-7-11-21(12-8-16)27(25,26)17-6-5-14(2)15(3)13-17/h5-6,13,16H,4,7-12H2,1-3H3,(H,22,23). The first-order chi connectivity index (χ1) is 12.7. The van der Waals surface area contributed by atoms with E-state index in [2.05, 4.69) is 0 Å². The van der Waals surface area contributed by atoms with Crippen molar-refractivity contribution in [1.29, 1.82) is 0 Å². The van der Waals surface area contributed by atoms with Gasteiger partial charge in [-0.1, -0.05) is 6.07 Å². The van der Waals surface area contributed by atoms with Crippen LogP contribution in [0.4, 0.5) is 0 Å². The molecule has 1 aromatic rings. The maximum absolute atomic E-state index is 12.9. The molecule has 0 saturated carbocycles. The Morgan fingerprint density at radius 1 is 1.19 bits per heavy atom. The molecular formula is C19H28N2O5S. The number of carboxylic acid groups (broad SMARTS) is 1. The van der Waals surface area contributed by atoms with Gasteiger partial charge in [0.05, 0.1) is 11.3 Å². The summed E-state index contributed by atoms with van der Waals surface area (Å²) in [5, 5.41) is 8.81. The molecule has 7 nitrogen and oxygen atoms in total. The quantitative estimate of drug-likeness (QED) is 0.761. The number of amides is 1. The van der Waals surface area contributed by atoms with Gasteiger partial charge in [0.25, 0.3) is 0 Å². The van der Waals surface area contributed by atoms with Crippen LogP contribution in [-0.4, -0.2) is 60.8 Å². The van der Waals surface area contributed by atoms with Gasteiger partial charge in [-0.25, -0.2) is 8.42 Å². The molecule has 150 valence electrons. The van der Waals surface area contributed by atoms with Crippen molar-refractivity contribution >= 4 is 21.9 Å². The van der Waals surface area contributed by atoms with E-state index in [0.29, 0.717) is 32.5 Å². The average Bonchev–Trinajstić information content (AvgIpc) is 2.64. The van der Waals surface area contributed by atoms with Crippen molar-refractivity contribution in [2.24, 2.45) is 5.92 Å². The monoisotopic (exact) mass is 396 g/mol. The zero-order valence-electron chi connectivity index (χ0n) is 16.1. The van der Waals surface area contributed by atoms with Crippen LogP contribution >= 0.6 is 0 Å². The van der Waals surface area contributed by atoms with Gasteiger partial charge >= 0.3 is 5.97 Å². The first kappa shape index (κ1) is 21.4. The van der Waals surface area contributed by atoms with Crippen LogP contribution in [-0.2, 0) is 19.6 Å². The number of carbonyl (C=O) groups is 2. The maximum atomic E-state index is 12.9. The number of sulfonamides is 1. The highest BCUT2D eigenvalue weighted by Crippen LogP contribution is 2.26. The van der Waals surface area contributed by atoms with E-state index in [1.807, 2.05) is 20.8 Å². The molecule has 1 aliphatic heterocycles. The van der Waals surface area contributed by atoms with Crippen LogP contribution in [0.5, 0.6) is 0 Å².